The van der Waals surface area contributed by atoms with E-state index < -0.39 is 5.54 Å². The molecule has 0 fully saturated rings. The summed E-state index contributed by atoms with van der Waals surface area (Å²) < 4.78 is 0. The fourth-order valence-corrected chi connectivity index (χ4v) is 1.39. The van der Waals surface area contributed by atoms with E-state index in [0.717, 1.165) is 5.56 Å². The number of amidine groups is 1. The Hall–Kier alpha value is -2.15. The first-order valence-electron chi connectivity index (χ1n) is 4.14. The molecule has 0 aromatic heterocycles. The highest BCUT2D eigenvalue weighted by Gasteiger charge is 2.38. The average Bonchev–Trinajstić information content (AvgIpc) is 2.62. The minimum atomic E-state index is -1.11. The highest BCUT2D eigenvalue weighted by atomic mass is 15.1. The average molecular weight is 184 g/mol. The van der Waals surface area contributed by atoms with Gasteiger partial charge in [-0.1, -0.05) is 30.3 Å². The molecule has 14 heavy (non-hydrogen) atoms. The van der Waals surface area contributed by atoms with Crippen molar-refractivity contribution in [1.82, 2.24) is 0 Å². The van der Waals surface area contributed by atoms with Crippen molar-refractivity contribution in [3.63, 3.8) is 0 Å². The fraction of sp³-hybridized carbons (Fsp3) is 0.100. The second-order valence-electron chi connectivity index (χ2n) is 2.95. The van der Waals surface area contributed by atoms with Crippen molar-refractivity contribution in [1.29, 1.82) is 5.26 Å². The molecule has 4 nitrogen and oxygen atoms in total. The van der Waals surface area contributed by atoms with Gasteiger partial charge in [-0.25, -0.2) is 9.98 Å². The molecule has 1 unspecified atom stereocenters. The lowest BCUT2D eigenvalue weighted by atomic mass is 9.91. The van der Waals surface area contributed by atoms with Gasteiger partial charge in [-0.05, 0) is 0 Å². The fourth-order valence-electron chi connectivity index (χ4n) is 1.39. The third-order valence-electron chi connectivity index (χ3n) is 2.17. The SMILES string of the molecule is N#CC1(c2ccccc2)N=CN=C1N. The van der Waals surface area contributed by atoms with Gasteiger partial charge in [-0.15, -0.1) is 0 Å². The summed E-state index contributed by atoms with van der Waals surface area (Å²) >= 11 is 0. The van der Waals surface area contributed by atoms with Gasteiger partial charge in [0.25, 0.3) is 0 Å². The van der Waals surface area contributed by atoms with Crippen molar-refractivity contribution in [2.45, 2.75) is 5.54 Å². The highest BCUT2D eigenvalue weighted by Crippen LogP contribution is 2.27. The number of nitrogens with two attached hydrogens (primary N) is 1. The molecule has 2 N–H and O–H groups in total. The predicted molar refractivity (Wildman–Crippen MR) is 53.8 cm³/mol. The van der Waals surface area contributed by atoms with E-state index in [1.807, 2.05) is 30.3 Å². The van der Waals surface area contributed by atoms with Crippen molar-refractivity contribution in [2.75, 3.05) is 0 Å². The molecule has 1 aliphatic rings. The van der Waals surface area contributed by atoms with E-state index in [1.54, 1.807) is 0 Å². The van der Waals surface area contributed by atoms with Gasteiger partial charge in [0.15, 0.2) is 0 Å². The Labute approximate surface area is 81.4 Å². The Morgan fingerprint density at radius 2 is 2.00 bits per heavy atom. The van der Waals surface area contributed by atoms with Crippen LogP contribution in [-0.2, 0) is 5.54 Å². The smallest absolute Gasteiger partial charge is 0.229 e. The van der Waals surface area contributed by atoms with Gasteiger partial charge in [0.05, 0.1) is 0 Å². The maximum absolute atomic E-state index is 9.12. The summed E-state index contributed by atoms with van der Waals surface area (Å²) in [6.45, 7) is 0. The molecule has 1 atom stereocenters. The molecule has 4 heteroatoms. The first-order chi connectivity index (χ1) is 6.79. The molecule has 0 amide bonds. The van der Waals surface area contributed by atoms with E-state index in [4.69, 9.17) is 11.0 Å². The molecule has 1 heterocycles. The quantitative estimate of drug-likeness (QED) is 0.701. The Morgan fingerprint density at radius 1 is 1.29 bits per heavy atom. The molecule has 1 aliphatic heterocycles. The lowest BCUT2D eigenvalue weighted by molar-refractivity contribution is 0.792. The molecule has 1 aromatic rings. The van der Waals surface area contributed by atoms with Crippen LogP contribution in [0.4, 0.5) is 0 Å². The largest absolute Gasteiger partial charge is 0.384 e. The van der Waals surface area contributed by atoms with E-state index in [2.05, 4.69) is 16.1 Å². The van der Waals surface area contributed by atoms with Gasteiger partial charge in [0.2, 0.25) is 5.54 Å². The molecule has 0 aliphatic carbocycles. The summed E-state index contributed by atoms with van der Waals surface area (Å²) in [6.07, 6.45) is 1.32. The summed E-state index contributed by atoms with van der Waals surface area (Å²) in [6, 6.07) is 11.3. The highest BCUT2D eigenvalue weighted by molar-refractivity contribution is 6.02. The number of nitriles is 1. The van der Waals surface area contributed by atoms with Crippen LogP contribution in [0.2, 0.25) is 0 Å². The minimum Gasteiger partial charge on any atom is -0.384 e. The molecule has 0 saturated heterocycles. The zero-order valence-corrected chi connectivity index (χ0v) is 7.38. The maximum atomic E-state index is 9.12. The zero-order valence-electron chi connectivity index (χ0n) is 7.38. The minimum absolute atomic E-state index is 0.228. The van der Waals surface area contributed by atoms with Gasteiger partial charge in [0.1, 0.15) is 18.2 Å². The first kappa shape index (κ1) is 8.45. The van der Waals surface area contributed by atoms with Crippen molar-refractivity contribution >= 4 is 12.2 Å². The van der Waals surface area contributed by atoms with Crippen LogP contribution in [0.5, 0.6) is 0 Å². The molecular formula is C10H8N4. The molecule has 0 bridgehead atoms. The van der Waals surface area contributed by atoms with Crippen LogP contribution >= 0.6 is 0 Å². The molecule has 1 aromatic carbocycles. The van der Waals surface area contributed by atoms with E-state index in [1.165, 1.54) is 6.34 Å². The summed E-state index contributed by atoms with van der Waals surface area (Å²) in [4.78, 5) is 7.84. The normalized spacial score (nSPS) is 24.4. The Bertz CT molecular complexity index is 441. The van der Waals surface area contributed by atoms with Gasteiger partial charge in [-0.3, -0.25) is 0 Å². The van der Waals surface area contributed by atoms with Crippen molar-refractivity contribution in [3.8, 4) is 6.07 Å². The second-order valence-corrected chi connectivity index (χ2v) is 2.95. The van der Waals surface area contributed by atoms with Crippen LogP contribution in [0.1, 0.15) is 5.56 Å². The second kappa shape index (κ2) is 2.96. The third kappa shape index (κ3) is 0.995. The summed E-state index contributed by atoms with van der Waals surface area (Å²) in [5.74, 6) is 0.228. The van der Waals surface area contributed by atoms with Gasteiger partial charge < -0.3 is 5.73 Å². The summed E-state index contributed by atoms with van der Waals surface area (Å²) in [5.41, 5.74) is 5.30. The molecule has 0 saturated carbocycles. The van der Waals surface area contributed by atoms with Crippen LogP contribution < -0.4 is 5.73 Å². The Morgan fingerprint density at radius 3 is 2.50 bits per heavy atom. The van der Waals surface area contributed by atoms with Crippen molar-refractivity contribution in [2.24, 2.45) is 15.7 Å². The van der Waals surface area contributed by atoms with Gasteiger partial charge in [0, 0.05) is 5.56 Å². The predicted octanol–water partition coefficient (Wildman–Crippen LogP) is 0.805. The monoisotopic (exact) mass is 184 g/mol. The number of hydrogen-bond donors (Lipinski definition) is 1. The molecule has 2 rings (SSSR count). The van der Waals surface area contributed by atoms with Crippen LogP contribution in [0, 0.1) is 11.3 Å². The molecule has 68 valence electrons. The molecule has 0 spiro atoms. The number of aliphatic imine (C=N–C) groups is 2. The Kier molecular flexibility index (Phi) is 1.79. The van der Waals surface area contributed by atoms with Crippen LogP contribution in [0.25, 0.3) is 0 Å². The zero-order chi connectivity index (χ0) is 10.0. The van der Waals surface area contributed by atoms with Crippen LogP contribution in [-0.4, -0.2) is 12.2 Å². The molecule has 0 radical (unpaired) electrons. The maximum Gasteiger partial charge on any atom is 0.229 e. The van der Waals surface area contributed by atoms with Crippen molar-refractivity contribution < 1.29 is 0 Å². The first-order valence-corrected chi connectivity index (χ1v) is 4.14. The number of rotatable bonds is 1. The van der Waals surface area contributed by atoms with Crippen LogP contribution in [0.15, 0.2) is 40.3 Å². The summed E-state index contributed by atoms with van der Waals surface area (Å²) in [5, 5.41) is 9.12. The molecular weight excluding hydrogens is 176 g/mol. The van der Waals surface area contributed by atoms with E-state index >= 15 is 0 Å². The number of benzene rings is 1. The van der Waals surface area contributed by atoms with E-state index in [-0.39, 0.29) is 5.84 Å². The lowest BCUT2D eigenvalue weighted by Crippen LogP contribution is -2.36. The number of nitrogens with zero attached hydrogens (tertiary/aromatic N) is 3. The van der Waals surface area contributed by atoms with E-state index in [0.29, 0.717) is 0 Å². The lowest BCUT2D eigenvalue weighted by Gasteiger charge is -2.17. The van der Waals surface area contributed by atoms with Crippen LogP contribution in [0.3, 0.4) is 0 Å². The third-order valence-corrected chi connectivity index (χ3v) is 2.17. The van der Waals surface area contributed by atoms with E-state index in [9.17, 15) is 0 Å². The Balaban J connectivity index is 2.57. The summed E-state index contributed by atoms with van der Waals surface area (Å²) in [7, 11) is 0. The topological polar surface area (TPSA) is 74.5 Å². The van der Waals surface area contributed by atoms with Crippen molar-refractivity contribution in [3.05, 3.63) is 35.9 Å². The number of hydrogen-bond acceptors (Lipinski definition) is 4. The standard InChI is InChI=1S/C10H8N4/c11-6-10(9(12)13-7-14-10)8-4-2-1-3-5-8/h1-5,7H,(H2,12,13,14). The van der Waals surface area contributed by atoms with Gasteiger partial charge in [-0.2, -0.15) is 5.26 Å². The van der Waals surface area contributed by atoms with Gasteiger partial charge >= 0.3 is 0 Å².